The number of hydrogen-bond donors (Lipinski definition) is 2. The third kappa shape index (κ3) is 6.10. The monoisotopic (exact) mass is 419 g/mol. The van der Waals surface area contributed by atoms with Gasteiger partial charge in [-0.15, -0.1) is 24.0 Å². The molecule has 2 rings (SSSR count). The van der Waals surface area contributed by atoms with Gasteiger partial charge in [-0.1, -0.05) is 25.0 Å². The van der Waals surface area contributed by atoms with Crippen molar-refractivity contribution in [3.8, 4) is 0 Å². The molecule has 1 aromatic rings. The Bertz CT molecular complexity index is 501. The normalized spacial score (nSPS) is 15.9. The van der Waals surface area contributed by atoms with Crippen LogP contribution in [0.3, 0.4) is 0 Å². The van der Waals surface area contributed by atoms with Gasteiger partial charge in [0.05, 0.1) is 6.04 Å². The number of nitrogens with zero attached hydrogens (tertiary/aromatic N) is 1. The van der Waals surface area contributed by atoms with E-state index in [0.717, 1.165) is 24.0 Å². The van der Waals surface area contributed by atoms with Gasteiger partial charge in [-0.25, -0.2) is 4.39 Å². The van der Waals surface area contributed by atoms with Gasteiger partial charge in [-0.05, 0) is 49.8 Å². The van der Waals surface area contributed by atoms with Gasteiger partial charge in [0.2, 0.25) is 0 Å². The van der Waals surface area contributed by atoms with Crippen LogP contribution in [0.1, 0.15) is 49.8 Å². The first kappa shape index (κ1) is 19.2. The molecule has 1 unspecified atom stereocenters. The van der Waals surface area contributed by atoms with Crippen molar-refractivity contribution in [3.63, 3.8) is 0 Å². The van der Waals surface area contributed by atoms with E-state index in [4.69, 9.17) is 0 Å². The van der Waals surface area contributed by atoms with Crippen molar-refractivity contribution in [1.29, 1.82) is 0 Å². The van der Waals surface area contributed by atoms with Crippen LogP contribution in [0.5, 0.6) is 0 Å². The standard InChI is InChI=1S/C17H26FN3.HI/c1-12-6-9-15(11-16(12)18)13(2)21-17(19-3)20-10-4-5-14-7-8-14;/h6,9,11,13-14H,4-5,7-8,10H2,1-3H3,(H2,19,20,21);1H. The Morgan fingerprint density at radius 1 is 1.41 bits per heavy atom. The highest BCUT2D eigenvalue weighted by Gasteiger charge is 2.20. The van der Waals surface area contributed by atoms with Crippen molar-refractivity contribution in [2.75, 3.05) is 13.6 Å². The van der Waals surface area contributed by atoms with E-state index in [2.05, 4.69) is 15.6 Å². The van der Waals surface area contributed by atoms with E-state index in [9.17, 15) is 4.39 Å². The highest BCUT2D eigenvalue weighted by atomic mass is 127. The van der Waals surface area contributed by atoms with Crippen LogP contribution < -0.4 is 10.6 Å². The maximum Gasteiger partial charge on any atom is 0.191 e. The minimum atomic E-state index is -0.159. The van der Waals surface area contributed by atoms with Gasteiger partial charge in [0.1, 0.15) is 5.82 Å². The molecule has 0 spiro atoms. The number of aliphatic imine (C=N–C) groups is 1. The van der Waals surface area contributed by atoms with Gasteiger partial charge in [-0.3, -0.25) is 4.99 Å². The predicted molar refractivity (Wildman–Crippen MR) is 101 cm³/mol. The van der Waals surface area contributed by atoms with Crippen LogP contribution >= 0.6 is 24.0 Å². The van der Waals surface area contributed by atoms with Crippen molar-refractivity contribution in [2.45, 2.75) is 45.6 Å². The third-order valence-electron chi connectivity index (χ3n) is 4.05. The average Bonchev–Trinajstić information content (AvgIpc) is 3.29. The Hall–Kier alpha value is -0.850. The molecule has 1 saturated carbocycles. The van der Waals surface area contributed by atoms with Gasteiger partial charge in [-0.2, -0.15) is 0 Å². The summed E-state index contributed by atoms with van der Waals surface area (Å²) in [4.78, 5) is 4.23. The molecule has 3 nitrogen and oxygen atoms in total. The van der Waals surface area contributed by atoms with Crippen molar-refractivity contribution in [2.24, 2.45) is 10.9 Å². The molecule has 1 aliphatic carbocycles. The molecule has 5 heteroatoms. The SMILES string of the molecule is CN=C(NCCCC1CC1)NC(C)c1ccc(C)c(F)c1.I. The molecule has 1 atom stereocenters. The second-order valence-corrected chi connectivity index (χ2v) is 5.96. The summed E-state index contributed by atoms with van der Waals surface area (Å²) in [5.41, 5.74) is 1.60. The number of rotatable bonds is 6. The van der Waals surface area contributed by atoms with Gasteiger partial charge >= 0.3 is 0 Å². The second kappa shape index (κ2) is 9.33. The van der Waals surface area contributed by atoms with Crippen molar-refractivity contribution < 1.29 is 4.39 Å². The maximum atomic E-state index is 13.6. The van der Waals surface area contributed by atoms with Gasteiger partial charge in [0, 0.05) is 13.6 Å². The fourth-order valence-corrected chi connectivity index (χ4v) is 2.37. The largest absolute Gasteiger partial charge is 0.356 e. The van der Waals surface area contributed by atoms with Crippen LogP contribution in [0, 0.1) is 18.7 Å². The third-order valence-corrected chi connectivity index (χ3v) is 4.05. The Balaban J connectivity index is 0.00000242. The molecule has 22 heavy (non-hydrogen) atoms. The van der Waals surface area contributed by atoms with E-state index in [1.165, 1.54) is 25.7 Å². The smallest absolute Gasteiger partial charge is 0.191 e. The van der Waals surface area contributed by atoms with E-state index in [0.29, 0.717) is 5.56 Å². The van der Waals surface area contributed by atoms with Crippen LogP contribution in [0.25, 0.3) is 0 Å². The average molecular weight is 419 g/mol. The quantitative estimate of drug-likeness (QED) is 0.314. The summed E-state index contributed by atoms with van der Waals surface area (Å²) in [5, 5.41) is 6.63. The van der Waals surface area contributed by atoms with E-state index in [1.807, 2.05) is 19.1 Å². The number of hydrogen-bond acceptors (Lipinski definition) is 1. The van der Waals surface area contributed by atoms with Crippen LogP contribution in [0.4, 0.5) is 4.39 Å². The number of nitrogens with one attached hydrogen (secondary N) is 2. The molecule has 2 N–H and O–H groups in total. The lowest BCUT2D eigenvalue weighted by atomic mass is 10.1. The second-order valence-electron chi connectivity index (χ2n) is 5.96. The Morgan fingerprint density at radius 3 is 2.73 bits per heavy atom. The van der Waals surface area contributed by atoms with Crippen molar-refractivity contribution >= 4 is 29.9 Å². The fourth-order valence-electron chi connectivity index (χ4n) is 2.37. The fraction of sp³-hybridized carbons (Fsp3) is 0.588. The molecule has 1 aromatic carbocycles. The lowest BCUT2D eigenvalue weighted by Crippen LogP contribution is -2.39. The van der Waals surface area contributed by atoms with Crippen molar-refractivity contribution in [1.82, 2.24) is 10.6 Å². The first-order valence-electron chi connectivity index (χ1n) is 7.83. The molecule has 0 radical (unpaired) electrons. The summed E-state index contributed by atoms with van der Waals surface area (Å²) in [6, 6.07) is 5.38. The van der Waals surface area contributed by atoms with Crippen molar-refractivity contribution in [3.05, 3.63) is 35.1 Å². The molecule has 0 heterocycles. The highest BCUT2D eigenvalue weighted by Crippen LogP contribution is 2.33. The predicted octanol–water partition coefficient (Wildman–Crippen LogP) is 4.17. The summed E-state index contributed by atoms with van der Waals surface area (Å²) in [6.07, 6.45) is 5.30. The topological polar surface area (TPSA) is 36.4 Å². The zero-order valence-corrected chi connectivity index (χ0v) is 16.0. The maximum absolute atomic E-state index is 13.6. The minimum absolute atomic E-state index is 0. The van der Waals surface area contributed by atoms with Gasteiger partial charge < -0.3 is 10.6 Å². The molecule has 0 aromatic heterocycles. The molecular weight excluding hydrogens is 392 g/mol. The molecule has 0 amide bonds. The summed E-state index contributed by atoms with van der Waals surface area (Å²) in [7, 11) is 1.76. The Morgan fingerprint density at radius 2 is 2.14 bits per heavy atom. The Labute approximate surface area is 150 Å². The molecule has 0 bridgehead atoms. The summed E-state index contributed by atoms with van der Waals surface area (Å²) < 4.78 is 13.6. The van der Waals surface area contributed by atoms with E-state index < -0.39 is 0 Å². The van der Waals surface area contributed by atoms with Crippen LogP contribution in [0.15, 0.2) is 23.2 Å². The molecule has 124 valence electrons. The summed E-state index contributed by atoms with van der Waals surface area (Å²) in [6.45, 7) is 4.73. The van der Waals surface area contributed by atoms with Crippen LogP contribution in [-0.2, 0) is 0 Å². The van der Waals surface area contributed by atoms with Gasteiger partial charge in [0.15, 0.2) is 5.96 Å². The summed E-state index contributed by atoms with van der Waals surface area (Å²) >= 11 is 0. The minimum Gasteiger partial charge on any atom is -0.356 e. The Kier molecular flexibility index (Phi) is 8.14. The highest BCUT2D eigenvalue weighted by molar-refractivity contribution is 14.0. The first-order chi connectivity index (χ1) is 10.1. The van der Waals surface area contributed by atoms with Crippen LogP contribution in [0.2, 0.25) is 0 Å². The molecular formula is C17H27FIN3. The lowest BCUT2D eigenvalue weighted by Gasteiger charge is -2.18. The van der Waals surface area contributed by atoms with Gasteiger partial charge in [0.25, 0.3) is 0 Å². The van der Waals surface area contributed by atoms with Crippen LogP contribution in [-0.4, -0.2) is 19.6 Å². The molecule has 0 aliphatic heterocycles. The molecule has 1 fully saturated rings. The number of halogens is 2. The van der Waals surface area contributed by atoms with E-state index >= 15 is 0 Å². The number of aryl methyl sites for hydroxylation is 1. The summed E-state index contributed by atoms with van der Waals surface area (Å²) in [5.74, 6) is 1.59. The zero-order valence-electron chi connectivity index (χ0n) is 13.7. The first-order valence-corrected chi connectivity index (χ1v) is 7.83. The lowest BCUT2D eigenvalue weighted by molar-refractivity contribution is 0.605. The molecule has 0 saturated heterocycles. The zero-order chi connectivity index (χ0) is 15.2. The number of guanidine groups is 1. The van der Waals surface area contributed by atoms with E-state index in [1.54, 1.807) is 20.0 Å². The van der Waals surface area contributed by atoms with E-state index in [-0.39, 0.29) is 35.8 Å². The molecule has 1 aliphatic rings. The number of benzene rings is 1.